The molecule has 2 N–H and O–H groups in total. The van der Waals surface area contributed by atoms with Crippen LogP contribution >= 0.6 is 0 Å². The lowest BCUT2D eigenvalue weighted by Crippen LogP contribution is -2.48. The van der Waals surface area contributed by atoms with E-state index in [1.807, 2.05) is 0 Å². The molecule has 4 heteroatoms. The summed E-state index contributed by atoms with van der Waals surface area (Å²) in [4.78, 5) is 14.5. The topological polar surface area (TPSA) is 52.6 Å². The third kappa shape index (κ3) is 4.43. The molecule has 0 aromatic rings. The number of carbonyl (C=O) groups excluding carboxylic acids is 1. The van der Waals surface area contributed by atoms with Gasteiger partial charge in [-0.25, -0.2) is 0 Å². The maximum absolute atomic E-state index is 12.2. The zero-order valence-electron chi connectivity index (χ0n) is 13.8. The number of nitrogens with zero attached hydrogens (tertiary/aromatic N) is 1. The number of aliphatic hydroxyl groups excluding tert-OH is 1. The van der Waals surface area contributed by atoms with Gasteiger partial charge in [0.25, 0.3) is 0 Å². The Morgan fingerprint density at radius 3 is 2.57 bits per heavy atom. The zero-order valence-corrected chi connectivity index (χ0v) is 13.8. The molecule has 0 aromatic carbocycles. The Morgan fingerprint density at radius 2 is 1.90 bits per heavy atom. The second-order valence-electron chi connectivity index (χ2n) is 7.30. The van der Waals surface area contributed by atoms with Crippen molar-refractivity contribution in [1.29, 1.82) is 0 Å². The van der Waals surface area contributed by atoms with Crippen molar-refractivity contribution in [3.8, 4) is 0 Å². The van der Waals surface area contributed by atoms with Crippen molar-refractivity contribution in [2.45, 2.75) is 77.5 Å². The highest BCUT2D eigenvalue weighted by Crippen LogP contribution is 2.34. The average Bonchev–Trinajstić information content (AvgIpc) is 2.86. The standard InChI is InChI=1S/C17H32N2O2/c1-12(2)13(3)18-17(21)11-19-10-6-8-15(19)14-7-4-5-9-16(14)20/h12-16,20H,4-11H2,1-3H3,(H,18,21). The molecule has 0 aromatic heterocycles. The molecule has 0 spiro atoms. The predicted molar refractivity (Wildman–Crippen MR) is 85.0 cm³/mol. The molecule has 4 nitrogen and oxygen atoms in total. The minimum atomic E-state index is -0.165. The number of aliphatic hydroxyl groups is 1. The molecule has 4 unspecified atom stereocenters. The highest BCUT2D eigenvalue weighted by atomic mass is 16.3. The normalized spacial score (nSPS) is 32.3. The summed E-state index contributed by atoms with van der Waals surface area (Å²) >= 11 is 0. The van der Waals surface area contributed by atoms with Gasteiger partial charge in [0.15, 0.2) is 0 Å². The van der Waals surface area contributed by atoms with Gasteiger partial charge >= 0.3 is 0 Å². The van der Waals surface area contributed by atoms with Crippen molar-refractivity contribution in [2.24, 2.45) is 11.8 Å². The number of likely N-dealkylation sites (tertiary alicyclic amines) is 1. The van der Waals surface area contributed by atoms with Crippen LogP contribution in [-0.2, 0) is 4.79 Å². The van der Waals surface area contributed by atoms with Gasteiger partial charge in [-0.2, -0.15) is 0 Å². The number of rotatable bonds is 5. The molecule has 2 fully saturated rings. The summed E-state index contributed by atoms with van der Waals surface area (Å²) in [6, 6.07) is 0.624. The summed E-state index contributed by atoms with van der Waals surface area (Å²) in [5.74, 6) is 0.966. The third-order valence-electron chi connectivity index (χ3n) is 5.43. The van der Waals surface area contributed by atoms with Gasteiger partial charge in [-0.3, -0.25) is 9.69 Å². The molecule has 122 valence electrons. The van der Waals surface area contributed by atoms with Gasteiger partial charge < -0.3 is 10.4 Å². The number of amides is 1. The summed E-state index contributed by atoms with van der Waals surface area (Å²) in [5.41, 5.74) is 0. The minimum Gasteiger partial charge on any atom is -0.393 e. The van der Waals surface area contributed by atoms with Gasteiger partial charge in [0, 0.05) is 18.0 Å². The Bertz CT molecular complexity index is 346. The number of hydrogen-bond acceptors (Lipinski definition) is 3. The van der Waals surface area contributed by atoms with Crippen LogP contribution in [0.2, 0.25) is 0 Å². The monoisotopic (exact) mass is 296 g/mol. The van der Waals surface area contributed by atoms with Gasteiger partial charge in [0.2, 0.25) is 5.91 Å². The molecule has 0 radical (unpaired) electrons. The quantitative estimate of drug-likeness (QED) is 0.817. The fraction of sp³-hybridized carbons (Fsp3) is 0.941. The lowest BCUT2D eigenvalue weighted by atomic mass is 9.80. The molecule has 1 aliphatic carbocycles. The first kappa shape index (κ1) is 16.8. The summed E-state index contributed by atoms with van der Waals surface area (Å²) < 4.78 is 0. The van der Waals surface area contributed by atoms with Crippen LogP contribution in [0.3, 0.4) is 0 Å². The Labute approximate surface area is 129 Å². The fourth-order valence-electron chi connectivity index (χ4n) is 3.77. The van der Waals surface area contributed by atoms with Gasteiger partial charge in [-0.1, -0.05) is 26.7 Å². The summed E-state index contributed by atoms with van der Waals surface area (Å²) in [6.07, 6.45) is 6.55. The van der Waals surface area contributed by atoms with Crippen LogP contribution in [0.1, 0.15) is 59.3 Å². The van der Waals surface area contributed by atoms with E-state index in [9.17, 15) is 9.90 Å². The summed E-state index contributed by atoms with van der Waals surface area (Å²) in [6.45, 7) is 7.81. The summed E-state index contributed by atoms with van der Waals surface area (Å²) in [5, 5.41) is 13.4. The second-order valence-corrected chi connectivity index (χ2v) is 7.30. The van der Waals surface area contributed by atoms with E-state index in [2.05, 4.69) is 31.0 Å². The summed E-state index contributed by atoms with van der Waals surface area (Å²) in [7, 11) is 0. The maximum Gasteiger partial charge on any atom is 0.234 e. The van der Waals surface area contributed by atoms with E-state index in [-0.39, 0.29) is 18.1 Å². The van der Waals surface area contributed by atoms with Crippen LogP contribution < -0.4 is 5.32 Å². The lowest BCUT2D eigenvalue weighted by molar-refractivity contribution is -0.124. The van der Waals surface area contributed by atoms with Crippen LogP contribution in [0, 0.1) is 11.8 Å². The Morgan fingerprint density at radius 1 is 1.19 bits per heavy atom. The largest absolute Gasteiger partial charge is 0.393 e. The molecule has 1 aliphatic heterocycles. The van der Waals surface area contributed by atoms with Crippen LogP contribution in [-0.4, -0.2) is 47.2 Å². The molecule has 0 bridgehead atoms. The van der Waals surface area contributed by atoms with Gasteiger partial charge in [0.05, 0.1) is 12.6 Å². The maximum atomic E-state index is 12.2. The van der Waals surface area contributed by atoms with E-state index < -0.39 is 0 Å². The molecule has 1 saturated heterocycles. The average molecular weight is 296 g/mol. The molecule has 21 heavy (non-hydrogen) atoms. The predicted octanol–water partition coefficient (Wildman–Crippen LogP) is 2.16. The lowest BCUT2D eigenvalue weighted by Gasteiger charge is -2.37. The van der Waals surface area contributed by atoms with Crippen LogP contribution in [0.15, 0.2) is 0 Å². The number of hydrogen-bond donors (Lipinski definition) is 2. The molecule has 1 saturated carbocycles. The Kier molecular flexibility index (Phi) is 6.06. The van der Waals surface area contributed by atoms with Crippen LogP contribution in [0.4, 0.5) is 0 Å². The first-order valence-electron chi connectivity index (χ1n) is 8.70. The SMILES string of the molecule is CC(C)C(C)NC(=O)CN1CCCC1C1CCCCC1O. The number of carbonyl (C=O) groups is 1. The van der Waals surface area contributed by atoms with Crippen molar-refractivity contribution >= 4 is 5.91 Å². The van der Waals surface area contributed by atoms with Crippen molar-refractivity contribution in [3.05, 3.63) is 0 Å². The zero-order chi connectivity index (χ0) is 15.4. The van der Waals surface area contributed by atoms with E-state index in [0.717, 1.165) is 38.6 Å². The van der Waals surface area contributed by atoms with Gasteiger partial charge in [-0.05, 0) is 45.1 Å². The number of nitrogens with one attached hydrogen (secondary N) is 1. The highest BCUT2D eigenvalue weighted by Gasteiger charge is 2.37. The third-order valence-corrected chi connectivity index (χ3v) is 5.43. The van der Waals surface area contributed by atoms with Crippen molar-refractivity contribution in [2.75, 3.05) is 13.1 Å². The van der Waals surface area contributed by atoms with E-state index in [0.29, 0.717) is 24.4 Å². The van der Waals surface area contributed by atoms with Crippen LogP contribution in [0.5, 0.6) is 0 Å². The molecule has 1 heterocycles. The molecule has 1 amide bonds. The molecular formula is C17H32N2O2. The second kappa shape index (κ2) is 7.59. The Balaban J connectivity index is 1.88. The van der Waals surface area contributed by atoms with E-state index >= 15 is 0 Å². The van der Waals surface area contributed by atoms with Gasteiger partial charge in [-0.15, -0.1) is 0 Å². The van der Waals surface area contributed by atoms with E-state index in [4.69, 9.17) is 0 Å². The Hall–Kier alpha value is -0.610. The van der Waals surface area contributed by atoms with E-state index in [1.54, 1.807) is 0 Å². The van der Waals surface area contributed by atoms with Crippen molar-refractivity contribution in [1.82, 2.24) is 10.2 Å². The van der Waals surface area contributed by atoms with Crippen molar-refractivity contribution < 1.29 is 9.90 Å². The fourth-order valence-corrected chi connectivity index (χ4v) is 3.77. The molecule has 2 aliphatic rings. The molecule has 2 rings (SSSR count). The first-order chi connectivity index (χ1) is 9.99. The van der Waals surface area contributed by atoms with Crippen molar-refractivity contribution in [3.63, 3.8) is 0 Å². The molecule has 4 atom stereocenters. The van der Waals surface area contributed by atoms with Crippen LogP contribution in [0.25, 0.3) is 0 Å². The minimum absolute atomic E-state index is 0.133. The smallest absolute Gasteiger partial charge is 0.234 e. The molecular weight excluding hydrogens is 264 g/mol. The first-order valence-corrected chi connectivity index (χ1v) is 8.70. The highest BCUT2D eigenvalue weighted by molar-refractivity contribution is 5.78. The van der Waals surface area contributed by atoms with E-state index in [1.165, 1.54) is 6.42 Å². The van der Waals surface area contributed by atoms with Gasteiger partial charge in [0.1, 0.15) is 0 Å².